The highest BCUT2D eigenvalue weighted by Crippen LogP contribution is 2.40. The highest BCUT2D eigenvalue weighted by atomic mass is 15.2. The van der Waals surface area contributed by atoms with Gasteiger partial charge >= 0.3 is 0 Å². The molecule has 2 aliphatic rings. The molecule has 0 N–H and O–H groups in total. The molecule has 0 saturated heterocycles. The second-order valence-electron chi connectivity index (χ2n) is 6.75. The van der Waals surface area contributed by atoms with Gasteiger partial charge in [0.25, 0.3) is 0 Å². The number of rotatable bonds is 3. The van der Waals surface area contributed by atoms with Crippen LogP contribution in [0.1, 0.15) is 42.1 Å². The Balaban J connectivity index is 1.63. The Bertz CT molecular complexity index is 890. The van der Waals surface area contributed by atoms with E-state index in [9.17, 15) is 0 Å². The lowest BCUT2D eigenvalue weighted by Crippen LogP contribution is -2.04. The van der Waals surface area contributed by atoms with Crippen LogP contribution in [0, 0.1) is 12.8 Å². The summed E-state index contributed by atoms with van der Waals surface area (Å²) in [6, 6.07) is 14.8. The molecule has 1 atom stereocenters. The first-order chi connectivity index (χ1) is 11.6. The number of amidine groups is 1. The third-order valence-corrected chi connectivity index (χ3v) is 4.50. The zero-order valence-corrected chi connectivity index (χ0v) is 14.2. The van der Waals surface area contributed by atoms with Crippen LogP contribution in [0.25, 0.3) is 0 Å². The molecule has 4 heteroatoms. The second-order valence-corrected chi connectivity index (χ2v) is 6.75. The SMILES string of the molecule is Cc1cccc(C2=NCC(c3ccc4c(c3)N=NC4C(C)C)=N2)c1. The molecule has 0 saturated carbocycles. The molecule has 0 bridgehead atoms. The summed E-state index contributed by atoms with van der Waals surface area (Å²) in [5.41, 5.74) is 6.56. The van der Waals surface area contributed by atoms with E-state index in [2.05, 4.69) is 72.4 Å². The summed E-state index contributed by atoms with van der Waals surface area (Å²) in [6.45, 7) is 7.05. The van der Waals surface area contributed by atoms with Gasteiger partial charge in [-0.3, -0.25) is 4.99 Å². The van der Waals surface area contributed by atoms with Crippen molar-refractivity contribution in [1.82, 2.24) is 0 Å². The average Bonchev–Trinajstić information content (AvgIpc) is 3.21. The van der Waals surface area contributed by atoms with Crippen LogP contribution in [-0.2, 0) is 0 Å². The summed E-state index contributed by atoms with van der Waals surface area (Å²) in [5.74, 6) is 1.27. The summed E-state index contributed by atoms with van der Waals surface area (Å²) >= 11 is 0. The smallest absolute Gasteiger partial charge is 0.155 e. The van der Waals surface area contributed by atoms with Crippen molar-refractivity contribution in [3.63, 3.8) is 0 Å². The fourth-order valence-corrected chi connectivity index (χ4v) is 3.18. The molecule has 0 aliphatic carbocycles. The van der Waals surface area contributed by atoms with Gasteiger partial charge < -0.3 is 0 Å². The zero-order valence-electron chi connectivity index (χ0n) is 14.2. The van der Waals surface area contributed by atoms with Crippen LogP contribution in [0.5, 0.6) is 0 Å². The van der Waals surface area contributed by atoms with E-state index >= 15 is 0 Å². The quantitative estimate of drug-likeness (QED) is 0.762. The van der Waals surface area contributed by atoms with Crippen molar-refractivity contribution in [2.24, 2.45) is 26.1 Å². The Hall–Kier alpha value is -2.62. The van der Waals surface area contributed by atoms with Crippen molar-refractivity contribution in [2.75, 3.05) is 6.54 Å². The number of fused-ring (bicyclic) bond motifs is 1. The van der Waals surface area contributed by atoms with E-state index in [0.29, 0.717) is 12.5 Å². The lowest BCUT2D eigenvalue weighted by Gasteiger charge is -2.11. The monoisotopic (exact) mass is 316 g/mol. The number of nitrogens with zero attached hydrogens (tertiary/aromatic N) is 4. The molecule has 0 amide bonds. The molecule has 0 fully saturated rings. The Labute approximate surface area is 142 Å². The molecule has 2 aromatic rings. The predicted molar refractivity (Wildman–Crippen MR) is 97.7 cm³/mol. The maximum atomic E-state index is 4.74. The second kappa shape index (κ2) is 5.78. The number of aryl methyl sites for hydroxylation is 1. The maximum absolute atomic E-state index is 4.74. The first kappa shape index (κ1) is 14.9. The Morgan fingerprint density at radius 1 is 1.04 bits per heavy atom. The van der Waals surface area contributed by atoms with Gasteiger partial charge in [-0.1, -0.05) is 49.7 Å². The fourth-order valence-electron chi connectivity index (χ4n) is 3.18. The van der Waals surface area contributed by atoms with Crippen LogP contribution in [0.15, 0.2) is 62.7 Å². The normalized spacial score (nSPS) is 18.8. The lowest BCUT2D eigenvalue weighted by molar-refractivity contribution is 0.515. The van der Waals surface area contributed by atoms with Crippen LogP contribution >= 0.6 is 0 Å². The molecule has 0 spiro atoms. The summed E-state index contributed by atoms with van der Waals surface area (Å²) in [6.07, 6.45) is 0. The van der Waals surface area contributed by atoms with E-state index in [1.807, 2.05) is 6.07 Å². The first-order valence-electron chi connectivity index (χ1n) is 8.36. The summed E-state index contributed by atoms with van der Waals surface area (Å²) < 4.78 is 0. The van der Waals surface area contributed by atoms with Gasteiger partial charge in [-0.15, -0.1) is 0 Å². The van der Waals surface area contributed by atoms with Gasteiger partial charge in [0.2, 0.25) is 0 Å². The molecule has 1 unspecified atom stereocenters. The van der Waals surface area contributed by atoms with Gasteiger partial charge in [-0.05, 0) is 25.0 Å². The third-order valence-electron chi connectivity index (χ3n) is 4.50. The van der Waals surface area contributed by atoms with Crippen molar-refractivity contribution >= 4 is 17.2 Å². The zero-order chi connectivity index (χ0) is 16.7. The van der Waals surface area contributed by atoms with Crippen molar-refractivity contribution in [2.45, 2.75) is 26.8 Å². The topological polar surface area (TPSA) is 49.4 Å². The Kier molecular flexibility index (Phi) is 3.60. The van der Waals surface area contributed by atoms with Crippen LogP contribution in [0.3, 0.4) is 0 Å². The minimum absolute atomic E-state index is 0.179. The maximum Gasteiger partial charge on any atom is 0.155 e. The van der Waals surface area contributed by atoms with Gasteiger partial charge in [-0.25, -0.2) is 4.99 Å². The van der Waals surface area contributed by atoms with Crippen molar-refractivity contribution in [1.29, 1.82) is 0 Å². The van der Waals surface area contributed by atoms with E-state index in [0.717, 1.165) is 28.4 Å². The molecule has 2 aliphatic heterocycles. The van der Waals surface area contributed by atoms with Crippen molar-refractivity contribution in [3.8, 4) is 0 Å². The minimum atomic E-state index is 0.179. The summed E-state index contributed by atoms with van der Waals surface area (Å²) in [5, 5.41) is 8.75. The molecular weight excluding hydrogens is 296 g/mol. The highest BCUT2D eigenvalue weighted by Gasteiger charge is 2.24. The minimum Gasteiger partial charge on any atom is -0.260 e. The standard InChI is InChI=1S/C20H20N4/c1-12(2)19-16-8-7-14(10-17(16)23-24-19)18-11-21-20(22-18)15-6-4-5-13(3)9-15/h4-10,12,19H,11H2,1-3H3. The predicted octanol–water partition coefficient (Wildman–Crippen LogP) is 5.04. The van der Waals surface area contributed by atoms with Crippen LogP contribution < -0.4 is 0 Å². The number of hydrogen-bond acceptors (Lipinski definition) is 4. The highest BCUT2D eigenvalue weighted by molar-refractivity contribution is 6.17. The molecule has 120 valence electrons. The molecule has 0 radical (unpaired) electrons. The number of azo groups is 1. The van der Waals surface area contributed by atoms with E-state index in [1.165, 1.54) is 11.1 Å². The number of aliphatic imine (C=N–C) groups is 2. The fraction of sp³-hybridized carbons (Fsp3) is 0.300. The Morgan fingerprint density at radius 2 is 1.92 bits per heavy atom. The summed E-state index contributed by atoms with van der Waals surface area (Å²) in [7, 11) is 0. The molecular formula is C20H20N4. The average molecular weight is 316 g/mol. The molecule has 24 heavy (non-hydrogen) atoms. The van der Waals surface area contributed by atoms with E-state index in [1.54, 1.807) is 0 Å². The van der Waals surface area contributed by atoms with Crippen LogP contribution in [-0.4, -0.2) is 18.1 Å². The van der Waals surface area contributed by atoms with Gasteiger partial charge in [0, 0.05) is 16.7 Å². The molecule has 2 heterocycles. The van der Waals surface area contributed by atoms with E-state index < -0.39 is 0 Å². The molecule has 2 aromatic carbocycles. The molecule has 4 nitrogen and oxygen atoms in total. The molecule has 0 aromatic heterocycles. The van der Waals surface area contributed by atoms with Crippen molar-refractivity contribution < 1.29 is 0 Å². The van der Waals surface area contributed by atoms with Gasteiger partial charge in [0.1, 0.15) is 6.04 Å². The molecule has 4 rings (SSSR count). The van der Waals surface area contributed by atoms with Crippen molar-refractivity contribution in [3.05, 3.63) is 64.7 Å². The van der Waals surface area contributed by atoms with Crippen LogP contribution in [0.2, 0.25) is 0 Å². The van der Waals surface area contributed by atoms with Crippen LogP contribution in [0.4, 0.5) is 5.69 Å². The Morgan fingerprint density at radius 3 is 2.71 bits per heavy atom. The van der Waals surface area contributed by atoms with Gasteiger partial charge in [-0.2, -0.15) is 10.2 Å². The number of hydrogen-bond donors (Lipinski definition) is 0. The number of benzene rings is 2. The van der Waals surface area contributed by atoms with E-state index in [4.69, 9.17) is 4.99 Å². The van der Waals surface area contributed by atoms with Gasteiger partial charge in [0.05, 0.1) is 17.9 Å². The third kappa shape index (κ3) is 2.58. The first-order valence-corrected chi connectivity index (χ1v) is 8.36. The summed E-state index contributed by atoms with van der Waals surface area (Å²) in [4.78, 5) is 9.34. The largest absolute Gasteiger partial charge is 0.260 e. The lowest BCUT2D eigenvalue weighted by atomic mass is 9.95. The van der Waals surface area contributed by atoms with E-state index in [-0.39, 0.29) is 6.04 Å². The van der Waals surface area contributed by atoms with Gasteiger partial charge in [0.15, 0.2) is 5.84 Å².